The fourth-order valence-corrected chi connectivity index (χ4v) is 4.66. The first kappa shape index (κ1) is 15.4. The van der Waals surface area contributed by atoms with E-state index in [2.05, 4.69) is 37.0 Å². The molecule has 1 N–H and O–H groups in total. The van der Waals surface area contributed by atoms with E-state index in [1.807, 2.05) is 11.8 Å². The highest BCUT2D eigenvalue weighted by molar-refractivity contribution is 7.99. The molecule has 0 saturated carbocycles. The maximum atomic E-state index is 6.12. The van der Waals surface area contributed by atoms with E-state index in [1.54, 1.807) is 0 Å². The number of ether oxygens (including phenoxy) is 1. The molecule has 2 unspecified atom stereocenters. The lowest BCUT2D eigenvalue weighted by atomic mass is 9.90. The van der Waals surface area contributed by atoms with Crippen LogP contribution in [0.4, 0.5) is 0 Å². The monoisotopic (exact) mass is 309 g/mol. The van der Waals surface area contributed by atoms with E-state index in [-0.39, 0.29) is 5.60 Å². The summed E-state index contributed by atoms with van der Waals surface area (Å²) in [4.78, 5) is 0. The molecule has 5 heteroatoms. The highest BCUT2D eigenvalue weighted by atomic mass is 32.2. The fourth-order valence-electron chi connectivity index (χ4n) is 3.29. The average Bonchev–Trinajstić information content (AvgIpc) is 3.04. The van der Waals surface area contributed by atoms with Gasteiger partial charge in [0.2, 0.25) is 0 Å². The van der Waals surface area contributed by atoms with Crippen molar-refractivity contribution in [1.82, 2.24) is 15.1 Å². The second-order valence-electron chi connectivity index (χ2n) is 6.74. The molecular formula is C16H27N3OS. The van der Waals surface area contributed by atoms with Crippen LogP contribution < -0.4 is 5.32 Å². The van der Waals surface area contributed by atoms with Gasteiger partial charge in [-0.05, 0) is 31.9 Å². The molecule has 0 aromatic carbocycles. The Kier molecular flexibility index (Phi) is 4.62. The minimum Gasteiger partial charge on any atom is -0.374 e. The lowest BCUT2D eigenvalue weighted by Crippen LogP contribution is -2.40. The van der Waals surface area contributed by atoms with Crippen molar-refractivity contribution in [1.29, 1.82) is 0 Å². The van der Waals surface area contributed by atoms with Crippen LogP contribution in [0.3, 0.4) is 0 Å². The van der Waals surface area contributed by atoms with Crippen LogP contribution in [0.1, 0.15) is 50.4 Å². The average molecular weight is 309 g/mol. The van der Waals surface area contributed by atoms with Crippen molar-refractivity contribution in [3.63, 3.8) is 0 Å². The number of thioether (sulfide) groups is 1. The molecule has 3 heterocycles. The molecule has 2 fully saturated rings. The Labute approximate surface area is 132 Å². The van der Waals surface area contributed by atoms with Crippen LogP contribution in [0.5, 0.6) is 0 Å². The number of hydrogen-bond donors (Lipinski definition) is 1. The molecule has 118 valence electrons. The first-order chi connectivity index (χ1) is 10.1. The van der Waals surface area contributed by atoms with Crippen LogP contribution in [0, 0.1) is 6.92 Å². The standard InChI is InChI=1S/C16H27N3OS/c1-12(2)17-9-14-10-19(18-13(14)3)15-4-6-20-16(8-15)5-7-21-11-16/h10,12,15,17H,4-9,11H2,1-3H3. The molecule has 1 aromatic rings. The molecule has 21 heavy (non-hydrogen) atoms. The smallest absolute Gasteiger partial charge is 0.0800 e. The summed E-state index contributed by atoms with van der Waals surface area (Å²) >= 11 is 2.03. The number of nitrogens with zero attached hydrogens (tertiary/aromatic N) is 2. The van der Waals surface area contributed by atoms with E-state index in [1.165, 1.54) is 17.7 Å². The van der Waals surface area contributed by atoms with Crippen molar-refractivity contribution in [2.45, 2.75) is 64.3 Å². The normalized spacial score (nSPS) is 29.6. The molecule has 2 aliphatic rings. The van der Waals surface area contributed by atoms with Crippen molar-refractivity contribution in [2.75, 3.05) is 18.1 Å². The zero-order valence-electron chi connectivity index (χ0n) is 13.4. The summed E-state index contributed by atoms with van der Waals surface area (Å²) in [5.41, 5.74) is 2.61. The van der Waals surface area contributed by atoms with E-state index < -0.39 is 0 Å². The van der Waals surface area contributed by atoms with Crippen LogP contribution in [0.25, 0.3) is 0 Å². The van der Waals surface area contributed by atoms with E-state index in [4.69, 9.17) is 9.84 Å². The summed E-state index contributed by atoms with van der Waals surface area (Å²) in [6, 6.07) is 1.01. The third-order valence-corrected chi connectivity index (χ3v) is 5.85. The highest BCUT2D eigenvalue weighted by Gasteiger charge is 2.41. The molecule has 2 atom stereocenters. The van der Waals surface area contributed by atoms with Gasteiger partial charge in [-0.3, -0.25) is 4.68 Å². The summed E-state index contributed by atoms with van der Waals surface area (Å²) in [7, 11) is 0. The summed E-state index contributed by atoms with van der Waals surface area (Å²) in [5, 5.41) is 8.27. The molecule has 1 spiro atoms. The van der Waals surface area contributed by atoms with Gasteiger partial charge in [0.15, 0.2) is 0 Å². The first-order valence-corrected chi connectivity index (χ1v) is 9.23. The largest absolute Gasteiger partial charge is 0.374 e. The van der Waals surface area contributed by atoms with Gasteiger partial charge in [-0.25, -0.2) is 0 Å². The lowest BCUT2D eigenvalue weighted by Gasteiger charge is -2.37. The molecule has 0 amide bonds. The van der Waals surface area contributed by atoms with Gasteiger partial charge in [-0.15, -0.1) is 0 Å². The third-order valence-electron chi connectivity index (χ3n) is 4.63. The Balaban J connectivity index is 1.70. The summed E-state index contributed by atoms with van der Waals surface area (Å²) in [6.07, 6.45) is 5.66. The van der Waals surface area contributed by atoms with Gasteiger partial charge in [-0.1, -0.05) is 13.8 Å². The molecule has 0 aliphatic carbocycles. The van der Waals surface area contributed by atoms with Gasteiger partial charge in [0.05, 0.1) is 17.3 Å². The van der Waals surface area contributed by atoms with Crippen LogP contribution in [0.2, 0.25) is 0 Å². The van der Waals surface area contributed by atoms with Crippen LogP contribution in [0.15, 0.2) is 6.20 Å². The number of hydrogen-bond acceptors (Lipinski definition) is 4. The second-order valence-corrected chi connectivity index (χ2v) is 7.84. The van der Waals surface area contributed by atoms with Crippen molar-refractivity contribution in [3.8, 4) is 0 Å². The van der Waals surface area contributed by atoms with Gasteiger partial charge in [0, 0.05) is 36.7 Å². The molecule has 2 aliphatic heterocycles. The van der Waals surface area contributed by atoms with Crippen molar-refractivity contribution in [2.24, 2.45) is 0 Å². The van der Waals surface area contributed by atoms with E-state index >= 15 is 0 Å². The van der Waals surface area contributed by atoms with Crippen molar-refractivity contribution in [3.05, 3.63) is 17.5 Å². The SMILES string of the molecule is Cc1nn(C2CCOC3(CCSC3)C2)cc1CNC(C)C. The molecule has 0 radical (unpaired) electrons. The lowest BCUT2D eigenvalue weighted by molar-refractivity contribution is -0.0778. The van der Waals surface area contributed by atoms with Gasteiger partial charge in [-0.2, -0.15) is 16.9 Å². The van der Waals surface area contributed by atoms with Gasteiger partial charge in [0.1, 0.15) is 0 Å². The number of nitrogens with one attached hydrogen (secondary N) is 1. The van der Waals surface area contributed by atoms with Gasteiger partial charge >= 0.3 is 0 Å². The van der Waals surface area contributed by atoms with Crippen molar-refractivity contribution >= 4 is 11.8 Å². The van der Waals surface area contributed by atoms with E-state index in [0.29, 0.717) is 12.1 Å². The van der Waals surface area contributed by atoms with Gasteiger partial charge < -0.3 is 10.1 Å². The first-order valence-electron chi connectivity index (χ1n) is 8.08. The predicted molar refractivity (Wildman–Crippen MR) is 87.8 cm³/mol. The predicted octanol–water partition coefficient (Wildman–Crippen LogP) is 2.92. The Morgan fingerprint density at radius 1 is 1.57 bits per heavy atom. The van der Waals surface area contributed by atoms with Crippen molar-refractivity contribution < 1.29 is 4.74 Å². The Bertz CT molecular complexity index is 480. The quantitative estimate of drug-likeness (QED) is 0.928. The van der Waals surface area contributed by atoms with E-state index in [0.717, 1.165) is 37.4 Å². The zero-order valence-corrected chi connectivity index (χ0v) is 14.2. The Hall–Kier alpha value is -0.520. The number of aromatic nitrogens is 2. The maximum absolute atomic E-state index is 6.12. The molecular weight excluding hydrogens is 282 g/mol. The van der Waals surface area contributed by atoms with Crippen LogP contribution >= 0.6 is 11.8 Å². The highest BCUT2D eigenvalue weighted by Crippen LogP contribution is 2.41. The third kappa shape index (κ3) is 3.46. The van der Waals surface area contributed by atoms with Crippen LogP contribution in [-0.2, 0) is 11.3 Å². The number of aryl methyl sites for hydroxylation is 1. The van der Waals surface area contributed by atoms with Gasteiger partial charge in [0.25, 0.3) is 0 Å². The summed E-state index contributed by atoms with van der Waals surface area (Å²) in [6.45, 7) is 8.27. The summed E-state index contributed by atoms with van der Waals surface area (Å²) < 4.78 is 8.33. The molecule has 1 aromatic heterocycles. The zero-order chi connectivity index (χ0) is 14.9. The Morgan fingerprint density at radius 2 is 2.43 bits per heavy atom. The van der Waals surface area contributed by atoms with Crippen LogP contribution in [-0.4, -0.2) is 39.5 Å². The molecule has 0 bridgehead atoms. The minimum absolute atomic E-state index is 0.129. The molecule has 3 rings (SSSR count). The van der Waals surface area contributed by atoms with E-state index in [9.17, 15) is 0 Å². The summed E-state index contributed by atoms with van der Waals surface area (Å²) in [5.74, 6) is 2.40. The topological polar surface area (TPSA) is 39.1 Å². The fraction of sp³-hybridized carbons (Fsp3) is 0.812. The number of rotatable bonds is 4. The minimum atomic E-state index is 0.129. The molecule has 2 saturated heterocycles. The second kappa shape index (κ2) is 6.31. The maximum Gasteiger partial charge on any atom is 0.0800 e. The Morgan fingerprint density at radius 3 is 3.14 bits per heavy atom. The molecule has 4 nitrogen and oxygen atoms in total.